The summed E-state index contributed by atoms with van der Waals surface area (Å²) in [4.78, 5) is 26.9. The third-order valence-corrected chi connectivity index (χ3v) is 5.88. The summed E-state index contributed by atoms with van der Waals surface area (Å²) in [5.74, 6) is 0.0948. The van der Waals surface area contributed by atoms with Crippen molar-refractivity contribution in [3.05, 3.63) is 35.7 Å². The maximum atomic E-state index is 12.6. The predicted octanol–water partition coefficient (Wildman–Crippen LogP) is 3.18. The van der Waals surface area contributed by atoms with Crippen LogP contribution in [0.1, 0.15) is 36.9 Å². The first-order valence-electron chi connectivity index (χ1n) is 10.3. The third-order valence-electron chi connectivity index (χ3n) is 5.88. The predicted molar refractivity (Wildman–Crippen MR) is 116 cm³/mol. The van der Waals surface area contributed by atoms with Gasteiger partial charge in [-0.1, -0.05) is 0 Å². The van der Waals surface area contributed by atoms with Gasteiger partial charge in [-0.2, -0.15) is 10.4 Å². The molecule has 2 aliphatic rings. The highest BCUT2D eigenvalue weighted by molar-refractivity contribution is 6.01. The van der Waals surface area contributed by atoms with E-state index in [0.717, 1.165) is 24.1 Å². The average Bonchev–Trinajstić information content (AvgIpc) is 3.40. The Bertz CT molecular complexity index is 1050. The Kier molecular flexibility index (Phi) is 5.65. The number of aryl methyl sites for hydroxylation is 2. The van der Waals surface area contributed by atoms with Gasteiger partial charge in [-0.3, -0.25) is 9.48 Å². The number of carbonyl (C=O) groups is 2. The summed E-state index contributed by atoms with van der Waals surface area (Å²) >= 11 is 0. The molecule has 1 saturated carbocycles. The van der Waals surface area contributed by atoms with Gasteiger partial charge < -0.3 is 20.3 Å². The van der Waals surface area contributed by atoms with E-state index in [0.29, 0.717) is 49.5 Å². The molecule has 9 nitrogen and oxygen atoms in total. The van der Waals surface area contributed by atoms with Crippen LogP contribution in [0.25, 0.3) is 0 Å². The zero-order valence-corrected chi connectivity index (χ0v) is 17.8. The molecule has 0 unspecified atom stereocenters. The Morgan fingerprint density at radius 2 is 2.13 bits per heavy atom. The quantitative estimate of drug-likeness (QED) is 0.712. The number of ether oxygens (including phenoxy) is 1. The minimum absolute atomic E-state index is 0.0561. The summed E-state index contributed by atoms with van der Waals surface area (Å²) in [6, 6.07) is 7.47. The van der Waals surface area contributed by atoms with Crippen LogP contribution in [0.15, 0.2) is 24.4 Å². The van der Waals surface area contributed by atoms with Crippen LogP contribution < -0.4 is 15.5 Å². The van der Waals surface area contributed by atoms with E-state index in [1.807, 2.05) is 17.0 Å². The number of nitriles is 1. The number of anilines is 3. The number of fused-ring (bicyclic) bond motifs is 1. The molecular weight excluding hydrogens is 396 g/mol. The van der Waals surface area contributed by atoms with Crippen molar-refractivity contribution in [2.75, 3.05) is 29.2 Å². The number of nitrogens with one attached hydrogen (secondary N) is 2. The van der Waals surface area contributed by atoms with Crippen LogP contribution in [-0.4, -0.2) is 35.4 Å². The fraction of sp³-hybridized carbons (Fsp3) is 0.455. The zero-order chi connectivity index (χ0) is 22.0. The van der Waals surface area contributed by atoms with Gasteiger partial charge in [-0.05, 0) is 43.0 Å². The summed E-state index contributed by atoms with van der Waals surface area (Å²) in [6.07, 6.45) is 5.23. The second kappa shape index (κ2) is 8.40. The van der Waals surface area contributed by atoms with Gasteiger partial charge in [0.2, 0.25) is 5.91 Å². The normalized spacial score (nSPS) is 16.4. The molecule has 0 spiro atoms. The second-order valence-corrected chi connectivity index (χ2v) is 8.33. The van der Waals surface area contributed by atoms with Gasteiger partial charge in [0.1, 0.15) is 5.69 Å². The SMILES string of the molecule is COCc1nn(C)cc1NC(=O)Nc1ccc2c(c1)CCC(=O)N2CC1(CC#N)CC1. The van der Waals surface area contributed by atoms with E-state index >= 15 is 0 Å². The van der Waals surface area contributed by atoms with Crippen LogP contribution in [0.2, 0.25) is 0 Å². The van der Waals surface area contributed by atoms with Crippen LogP contribution in [0, 0.1) is 16.7 Å². The third kappa shape index (κ3) is 4.54. The van der Waals surface area contributed by atoms with Crippen LogP contribution in [0.3, 0.4) is 0 Å². The number of carbonyl (C=O) groups excluding carboxylic acids is 2. The number of amides is 3. The number of benzene rings is 1. The molecule has 0 saturated heterocycles. The highest BCUT2D eigenvalue weighted by atomic mass is 16.5. The lowest BCUT2D eigenvalue weighted by Crippen LogP contribution is -2.39. The number of nitrogens with zero attached hydrogens (tertiary/aromatic N) is 4. The molecule has 2 heterocycles. The summed E-state index contributed by atoms with van der Waals surface area (Å²) in [5.41, 5.74) is 3.72. The van der Waals surface area contributed by atoms with E-state index in [9.17, 15) is 9.59 Å². The molecule has 0 bridgehead atoms. The van der Waals surface area contributed by atoms with E-state index in [1.54, 1.807) is 31.1 Å². The molecule has 0 radical (unpaired) electrons. The van der Waals surface area contributed by atoms with Gasteiger partial charge in [-0.15, -0.1) is 0 Å². The largest absolute Gasteiger partial charge is 0.378 e. The van der Waals surface area contributed by atoms with E-state index in [2.05, 4.69) is 21.8 Å². The fourth-order valence-electron chi connectivity index (χ4n) is 4.05. The Morgan fingerprint density at radius 1 is 1.32 bits per heavy atom. The highest BCUT2D eigenvalue weighted by Crippen LogP contribution is 2.50. The van der Waals surface area contributed by atoms with Gasteiger partial charge in [0, 0.05) is 56.5 Å². The van der Waals surface area contributed by atoms with Gasteiger partial charge >= 0.3 is 6.03 Å². The molecule has 1 aliphatic carbocycles. The monoisotopic (exact) mass is 422 g/mol. The molecule has 162 valence electrons. The lowest BCUT2D eigenvalue weighted by molar-refractivity contribution is -0.119. The number of urea groups is 1. The van der Waals surface area contributed by atoms with E-state index < -0.39 is 0 Å². The van der Waals surface area contributed by atoms with Crippen molar-refractivity contribution in [3.63, 3.8) is 0 Å². The van der Waals surface area contributed by atoms with Gasteiger partial charge in [-0.25, -0.2) is 4.79 Å². The molecule has 1 aliphatic heterocycles. The minimum atomic E-state index is -0.375. The molecule has 3 amide bonds. The van der Waals surface area contributed by atoms with Crippen molar-refractivity contribution in [2.45, 2.75) is 38.7 Å². The lowest BCUT2D eigenvalue weighted by Gasteiger charge is -2.32. The summed E-state index contributed by atoms with van der Waals surface area (Å²) in [6.45, 7) is 0.884. The number of aromatic nitrogens is 2. The standard InChI is InChI=1S/C22H26N6O3/c1-27-12-17(18(26-27)13-31-2)25-21(30)24-16-4-5-19-15(11-16)3-6-20(29)28(19)14-22(7-8-22)9-10-23/h4-5,11-12H,3,6-9,13-14H2,1-2H3,(H2,24,25,30). The van der Waals surface area contributed by atoms with Crippen LogP contribution in [0.4, 0.5) is 21.9 Å². The Labute approximate surface area is 181 Å². The van der Waals surface area contributed by atoms with Crippen molar-refractivity contribution in [1.82, 2.24) is 9.78 Å². The number of hydrogen-bond acceptors (Lipinski definition) is 5. The number of hydrogen-bond donors (Lipinski definition) is 2. The van der Waals surface area contributed by atoms with Gasteiger partial charge in [0.25, 0.3) is 0 Å². The smallest absolute Gasteiger partial charge is 0.323 e. The molecule has 0 atom stereocenters. The summed E-state index contributed by atoms with van der Waals surface area (Å²) in [5, 5.41) is 19.0. The molecule has 9 heteroatoms. The first kappa shape index (κ1) is 20.9. The molecule has 2 N–H and O–H groups in total. The molecular formula is C22H26N6O3. The van der Waals surface area contributed by atoms with Crippen molar-refractivity contribution < 1.29 is 14.3 Å². The van der Waals surface area contributed by atoms with Crippen molar-refractivity contribution in [2.24, 2.45) is 12.5 Å². The van der Waals surface area contributed by atoms with E-state index in [1.165, 1.54) is 0 Å². The Hall–Kier alpha value is -3.38. The highest BCUT2D eigenvalue weighted by Gasteiger charge is 2.45. The van der Waals surface area contributed by atoms with Crippen molar-refractivity contribution >= 4 is 29.0 Å². The van der Waals surface area contributed by atoms with Crippen LogP contribution in [0.5, 0.6) is 0 Å². The average molecular weight is 422 g/mol. The first-order valence-corrected chi connectivity index (χ1v) is 10.3. The van der Waals surface area contributed by atoms with Crippen molar-refractivity contribution in [3.8, 4) is 6.07 Å². The molecule has 4 rings (SSSR count). The van der Waals surface area contributed by atoms with Crippen LogP contribution >= 0.6 is 0 Å². The summed E-state index contributed by atoms with van der Waals surface area (Å²) in [7, 11) is 3.35. The van der Waals surface area contributed by atoms with Gasteiger partial charge in [0.15, 0.2) is 0 Å². The lowest BCUT2D eigenvalue weighted by atomic mass is 9.96. The van der Waals surface area contributed by atoms with E-state index in [4.69, 9.17) is 10.00 Å². The van der Waals surface area contributed by atoms with Crippen LogP contribution in [-0.2, 0) is 29.6 Å². The number of methoxy groups -OCH3 is 1. The maximum Gasteiger partial charge on any atom is 0.323 e. The Morgan fingerprint density at radius 3 is 2.84 bits per heavy atom. The Balaban J connectivity index is 1.46. The zero-order valence-electron chi connectivity index (χ0n) is 17.8. The number of rotatable bonds is 7. The van der Waals surface area contributed by atoms with E-state index in [-0.39, 0.29) is 17.4 Å². The molecule has 1 aromatic heterocycles. The molecule has 1 fully saturated rings. The molecule has 2 aromatic rings. The topological polar surface area (TPSA) is 112 Å². The van der Waals surface area contributed by atoms with Crippen molar-refractivity contribution in [1.29, 1.82) is 5.26 Å². The molecule has 31 heavy (non-hydrogen) atoms. The minimum Gasteiger partial charge on any atom is -0.378 e. The first-order chi connectivity index (χ1) is 14.9. The van der Waals surface area contributed by atoms with Gasteiger partial charge in [0.05, 0.1) is 18.4 Å². The summed E-state index contributed by atoms with van der Waals surface area (Å²) < 4.78 is 6.74. The molecule has 1 aromatic carbocycles. The maximum absolute atomic E-state index is 12.6. The fourth-order valence-corrected chi connectivity index (χ4v) is 4.05. The second-order valence-electron chi connectivity index (χ2n) is 8.33.